The molecule has 164 valence electrons. The first-order valence-corrected chi connectivity index (χ1v) is 12.5. The van der Waals surface area contributed by atoms with Gasteiger partial charge < -0.3 is 10.6 Å². The number of nitrogens with zero attached hydrogens (tertiary/aromatic N) is 1. The Bertz CT molecular complexity index is 1150. The van der Waals surface area contributed by atoms with Gasteiger partial charge in [-0.05, 0) is 97.4 Å². The quantitative estimate of drug-likeness (QED) is 0.674. The second-order valence-electron chi connectivity index (χ2n) is 8.70. The first-order valence-electron chi connectivity index (χ1n) is 10.9. The monoisotopic (exact) mass is 442 g/mol. The van der Waals surface area contributed by atoms with Crippen molar-refractivity contribution in [1.29, 1.82) is 0 Å². The third kappa shape index (κ3) is 3.88. The van der Waals surface area contributed by atoms with Crippen LogP contribution in [0.3, 0.4) is 0 Å². The average Bonchev–Trinajstić information content (AvgIpc) is 3.48. The lowest BCUT2D eigenvalue weighted by molar-refractivity contribution is 0.260. The second-order valence-corrected chi connectivity index (χ2v) is 10.5. The van der Waals surface area contributed by atoms with Crippen molar-refractivity contribution in [3.05, 3.63) is 57.9 Å². The van der Waals surface area contributed by atoms with Gasteiger partial charge in [0.2, 0.25) is 0 Å². The van der Waals surface area contributed by atoms with Crippen molar-refractivity contribution in [2.24, 2.45) is 9.50 Å². The van der Waals surface area contributed by atoms with Crippen molar-refractivity contribution in [2.45, 2.75) is 55.8 Å². The maximum absolute atomic E-state index is 14.8. The number of amides is 2. The maximum Gasteiger partial charge on any atom is 0.354 e. The van der Waals surface area contributed by atoms with Crippen LogP contribution in [0.1, 0.15) is 53.0 Å². The molecule has 8 heteroatoms. The van der Waals surface area contributed by atoms with Crippen molar-refractivity contribution in [1.82, 2.24) is 5.32 Å². The molecule has 1 unspecified atom stereocenters. The molecule has 0 radical (unpaired) electrons. The zero-order valence-electron chi connectivity index (χ0n) is 17.4. The summed E-state index contributed by atoms with van der Waals surface area (Å²) in [7, 11) is -3.71. The van der Waals surface area contributed by atoms with Crippen LogP contribution in [0, 0.1) is 5.82 Å². The number of aryl methyl sites for hydroxylation is 2. The molecule has 4 N–H and O–H groups in total. The minimum atomic E-state index is -3.71. The van der Waals surface area contributed by atoms with Gasteiger partial charge in [0.25, 0.3) is 0 Å². The summed E-state index contributed by atoms with van der Waals surface area (Å²) in [6, 6.07) is 5.97. The van der Waals surface area contributed by atoms with E-state index in [1.165, 1.54) is 23.3 Å². The van der Waals surface area contributed by atoms with E-state index in [1.54, 1.807) is 6.07 Å². The number of nitrogens with one attached hydrogen (secondary N) is 2. The van der Waals surface area contributed by atoms with E-state index in [0.717, 1.165) is 80.4 Å². The molecule has 2 aromatic carbocycles. The van der Waals surface area contributed by atoms with Crippen LogP contribution in [0.4, 0.5) is 14.9 Å². The summed E-state index contributed by atoms with van der Waals surface area (Å²) in [6.45, 7) is 1.68. The Morgan fingerprint density at radius 2 is 1.84 bits per heavy atom. The van der Waals surface area contributed by atoms with Gasteiger partial charge >= 0.3 is 6.03 Å². The van der Waals surface area contributed by atoms with Gasteiger partial charge in [-0.15, -0.1) is 4.36 Å². The highest BCUT2D eigenvalue weighted by atomic mass is 32.2. The highest BCUT2D eigenvalue weighted by Gasteiger charge is 2.26. The fourth-order valence-corrected chi connectivity index (χ4v) is 6.21. The van der Waals surface area contributed by atoms with Gasteiger partial charge in [-0.25, -0.2) is 18.5 Å². The van der Waals surface area contributed by atoms with E-state index in [-0.39, 0.29) is 10.8 Å². The number of hydrogen-bond acceptors (Lipinski definition) is 3. The normalized spacial score (nSPS) is 21.4. The molecule has 1 saturated heterocycles. The van der Waals surface area contributed by atoms with Crippen molar-refractivity contribution < 1.29 is 13.4 Å². The summed E-state index contributed by atoms with van der Waals surface area (Å²) < 4.78 is 31.5. The zero-order chi connectivity index (χ0) is 21.6. The van der Waals surface area contributed by atoms with Gasteiger partial charge in [0.15, 0.2) is 0 Å². The Morgan fingerprint density at radius 1 is 1.13 bits per heavy atom. The number of halogens is 1. The molecular formula is C23H27FN4O2S. The lowest BCUT2D eigenvalue weighted by Gasteiger charge is -2.15. The molecule has 3 aliphatic rings. The number of hydrogen-bond donors (Lipinski definition) is 3. The van der Waals surface area contributed by atoms with E-state index in [4.69, 9.17) is 5.14 Å². The third-order valence-electron chi connectivity index (χ3n) is 6.73. The fourth-order valence-electron chi connectivity index (χ4n) is 5.22. The second kappa shape index (κ2) is 8.00. The molecule has 5 rings (SSSR count). The minimum Gasteiger partial charge on any atom is -0.316 e. The Labute approximate surface area is 182 Å². The van der Waals surface area contributed by atoms with E-state index < -0.39 is 21.8 Å². The smallest absolute Gasteiger partial charge is 0.316 e. The number of anilines is 1. The van der Waals surface area contributed by atoms with Gasteiger partial charge in [0.05, 0.1) is 4.90 Å². The molecule has 0 aromatic heterocycles. The lowest BCUT2D eigenvalue weighted by Crippen LogP contribution is -2.20. The van der Waals surface area contributed by atoms with E-state index in [1.807, 2.05) is 0 Å². The molecule has 1 aliphatic heterocycles. The van der Waals surface area contributed by atoms with Crippen LogP contribution in [0.2, 0.25) is 0 Å². The third-order valence-corrected chi connectivity index (χ3v) is 8.12. The summed E-state index contributed by atoms with van der Waals surface area (Å²) in [5.74, 6) is -0.463. The molecule has 2 aliphatic carbocycles. The topological polar surface area (TPSA) is 96.6 Å². The largest absolute Gasteiger partial charge is 0.354 e. The Morgan fingerprint density at radius 3 is 2.45 bits per heavy atom. The molecule has 1 heterocycles. The van der Waals surface area contributed by atoms with Crippen molar-refractivity contribution in [3.8, 4) is 0 Å². The van der Waals surface area contributed by atoms with Crippen molar-refractivity contribution in [2.75, 3.05) is 18.4 Å². The van der Waals surface area contributed by atoms with Crippen molar-refractivity contribution >= 4 is 21.6 Å². The van der Waals surface area contributed by atoms with Gasteiger partial charge in [-0.1, -0.05) is 12.1 Å². The molecule has 0 saturated carbocycles. The SMILES string of the molecule is NS(=O)(=NC(=O)Nc1c2c(cc3c1CCC3)CCC2)c1ccc([C@@H]2CCNC2)cc1F. The molecule has 2 amide bonds. The van der Waals surface area contributed by atoms with Crippen LogP contribution >= 0.6 is 0 Å². The van der Waals surface area contributed by atoms with E-state index >= 15 is 0 Å². The molecule has 6 nitrogen and oxygen atoms in total. The number of nitrogens with two attached hydrogens (primary N) is 1. The van der Waals surface area contributed by atoms with Gasteiger partial charge in [-0.3, -0.25) is 0 Å². The molecule has 1 fully saturated rings. The minimum absolute atomic E-state index is 0.222. The van der Waals surface area contributed by atoms with Gasteiger partial charge in [-0.2, -0.15) is 0 Å². The van der Waals surface area contributed by atoms with E-state index in [9.17, 15) is 13.4 Å². The molecule has 2 aromatic rings. The summed E-state index contributed by atoms with van der Waals surface area (Å²) in [5, 5.41) is 12.0. The molecular weight excluding hydrogens is 415 g/mol. The highest BCUT2D eigenvalue weighted by molar-refractivity contribution is 7.91. The fraction of sp³-hybridized carbons (Fsp3) is 0.435. The molecule has 0 spiro atoms. The number of carbonyl (C=O) groups is 1. The Balaban J connectivity index is 1.43. The number of fused-ring (bicyclic) bond motifs is 2. The van der Waals surface area contributed by atoms with Crippen LogP contribution in [0.25, 0.3) is 0 Å². The molecule has 2 atom stereocenters. The molecule has 31 heavy (non-hydrogen) atoms. The first kappa shape index (κ1) is 20.6. The van der Waals surface area contributed by atoms with Crippen LogP contribution in [-0.2, 0) is 35.6 Å². The standard InChI is InChI=1S/C23H27FN4O2S/c24-20-12-14(17-9-10-26-13-17)7-8-21(20)31(25,30)28-23(29)27-22-18-5-1-3-15(18)11-16-4-2-6-19(16)22/h7-8,11-12,17,26H,1-6,9-10,13H2,(H3,25,27,28,29,30)/t17-,31?/m1/s1. The van der Waals surface area contributed by atoms with E-state index in [0.29, 0.717) is 0 Å². The number of urea groups is 1. The van der Waals surface area contributed by atoms with Crippen LogP contribution in [0.15, 0.2) is 33.5 Å². The highest BCUT2D eigenvalue weighted by Crippen LogP contribution is 2.38. The van der Waals surface area contributed by atoms with Crippen LogP contribution < -0.4 is 15.8 Å². The summed E-state index contributed by atoms with van der Waals surface area (Å²) in [6.07, 6.45) is 6.86. The van der Waals surface area contributed by atoms with Crippen LogP contribution in [0.5, 0.6) is 0 Å². The van der Waals surface area contributed by atoms with Gasteiger partial charge in [0, 0.05) is 12.2 Å². The van der Waals surface area contributed by atoms with E-state index in [2.05, 4.69) is 21.1 Å². The lowest BCUT2D eigenvalue weighted by atomic mass is 9.98. The van der Waals surface area contributed by atoms with Gasteiger partial charge in [0.1, 0.15) is 15.7 Å². The first-order chi connectivity index (χ1) is 14.9. The number of carbonyl (C=O) groups excluding carboxylic acids is 1. The molecule has 0 bridgehead atoms. The predicted molar refractivity (Wildman–Crippen MR) is 119 cm³/mol. The summed E-state index contributed by atoms with van der Waals surface area (Å²) in [4.78, 5) is 12.5. The number of benzene rings is 2. The Kier molecular flexibility index (Phi) is 5.32. The predicted octanol–water partition coefficient (Wildman–Crippen LogP) is 3.81. The van der Waals surface area contributed by atoms with Crippen LogP contribution in [-0.4, -0.2) is 23.3 Å². The summed E-state index contributed by atoms with van der Waals surface area (Å²) in [5.41, 5.74) is 6.47. The average molecular weight is 443 g/mol. The Hall–Kier alpha value is -2.29. The zero-order valence-corrected chi connectivity index (χ0v) is 18.2. The number of rotatable bonds is 3. The van der Waals surface area contributed by atoms with Crippen molar-refractivity contribution in [3.63, 3.8) is 0 Å². The summed E-state index contributed by atoms with van der Waals surface area (Å²) >= 11 is 0. The maximum atomic E-state index is 14.8.